The minimum Gasteiger partial charge on any atom is -0.320 e. The summed E-state index contributed by atoms with van der Waals surface area (Å²) in [5.41, 5.74) is 2.86. The maximum Gasteiger partial charge on any atom is 0.274 e. The Kier molecular flexibility index (Phi) is 2.60. The Morgan fingerprint density at radius 2 is 2.13 bits per heavy atom. The van der Waals surface area contributed by atoms with E-state index in [-0.39, 0.29) is 5.91 Å². The molecule has 3 nitrogen and oxygen atoms in total. The van der Waals surface area contributed by atoms with Crippen molar-refractivity contribution >= 4 is 29.9 Å². The third-order valence-corrected chi connectivity index (χ3v) is 2.45. The van der Waals surface area contributed by atoms with E-state index in [2.05, 4.69) is 22.9 Å². The van der Waals surface area contributed by atoms with Crippen LogP contribution in [0.1, 0.15) is 12.5 Å². The van der Waals surface area contributed by atoms with E-state index in [9.17, 15) is 4.79 Å². The second-order valence-corrected chi connectivity index (χ2v) is 3.47. The van der Waals surface area contributed by atoms with Gasteiger partial charge < -0.3 is 5.32 Å². The molecule has 1 aliphatic heterocycles. The number of hydrogen-bond acceptors (Lipinski definition) is 3. The van der Waals surface area contributed by atoms with Crippen molar-refractivity contribution < 1.29 is 4.79 Å². The number of hydrogen-bond donors (Lipinski definition) is 2. The number of benzodiazepines with no additional fused rings is 1. The van der Waals surface area contributed by atoms with Crippen molar-refractivity contribution in [2.45, 2.75) is 6.92 Å². The maximum absolute atomic E-state index is 11.6. The Morgan fingerprint density at radius 3 is 2.87 bits per heavy atom. The van der Waals surface area contributed by atoms with Gasteiger partial charge in [-0.25, -0.2) is 4.99 Å². The molecule has 0 bridgehead atoms. The molecule has 15 heavy (non-hydrogen) atoms. The fraction of sp³-hybridized carbons (Fsp3) is 0.0909. The number of rotatable bonds is 0. The fourth-order valence-corrected chi connectivity index (χ4v) is 1.65. The first-order valence-electron chi connectivity index (χ1n) is 4.53. The van der Waals surface area contributed by atoms with Crippen LogP contribution in [0.15, 0.2) is 40.4 Å². The van der Waals surface area contributed by atoms with E-state index in [0.717, 1.165) is 17.0 Å². The smallest absolute Gasteiger partial charge is 0.274 e. The summed E-state index contributed by atoms with van der Waals surface area (Å²) in [4.78, 5) is 15.8. The molecule has 1 aliphatic rings. The monoisotopic (exact) mass is 218 g/mol. The molecule has 1 amide bonds. The fourth-order valence-electron chi connectivity index (χ4n) is 1.47. The van der Waals surface area contributed by atoms with E-state index in [1.807, 2.05) is 31.2 Å². The number of nitrogens with one attached hydrogen (secondary N) is 1. The van der Waals surface area contributed by atoms with Gasteiger partial charge in [-0.15, -0.1) is 12.6 Å². The Hall–Kier alpha value is -1.55. The molecule has 1 heterocycles. The van der Waals surface area contributed by atoms with Gasteiger partial charge in [0.1, 0.15) is 5.70 Å². The summed E-state index contributed by atoms with van der Waals surface area (Å²) in [5, 5.41) is 4.19. The molecular formula is C11H10N2OS. The van der Waals surface area contributed by atoms with Crippen LogP contribution in [-0.2, 0) is 4.79 Å². The predicted molar refractivity (Wildman–Crippen MR) is 64.4 cm³/mol. The lowest BCUT2D eigenvalue weighted by atomic mass is 10.1. The van der Waals surface area contributed by atoms with Crippen LogP contribution in [0.4, 0.5) is 5.69 Å². The molecule has 0 aromatic heterocycles. The quantitative estimate of drug-likeness (QED) is 0.509. The standard InChI is InChI=1S/C11H10N2OS/c1-7-8-4-2-3-5-9(8)13-11(14)10(6-15)12-7/h2-6,15H,1H3,(H,13,14)/b10-6+. The highest BCUT2D eigenvalue weighted by Crippen LogP contribution is 2.21. The highest BCUT2D eigenvalue weighted by molar-refractivity contribution is 7.83. The third kappa shape index (κ3) is 1.80. The number of nitrogens with zero attached hydrogens (tertiary/aromatic N) is 1. The number of anilines is 1. The maximum atomic E-state index is 11.6. The average molecular weight is 218 g/mol. The second-order valence-electron chi connectivity index (χ2n) is 3.21. The van der Waals surface area contributed by atoms with Gasteiger partial charge in [-0.1, -0.05) is 18.2 Å². The molecule has 1 N–H and O–H groups in total. The lowest BCUT2D eigenvalue weighted by molar-refractivity contribution is -0.112. The van der Waals surface area contributed by atoms with Gasteiger partial charge in [0, 0.05) is 11.3 Å². The molecule has 0 unspecified atom stereocenters. The van der Waals surface area contributed by atoms with Gasteiger partial charge in [-0.2, -0.15) is 0 Å². The molecule has 0 atom stereocenters. The number of aliphatic imine (C=N–C) groups is 1. The molecule has 4 heteroatoms. The summed E-state index contributed by atoms with van der Waals surface area (Å²) in [6.45, 7) is 1.87. The number of carbonyl (C=O) groups is 1. The summed E-state index contributed by atoms with van der Waals surface area (Å²) < 4.78 is 0. The van der Waals surface area contributed by atoms with Crippen molar-refractivity contribution in [1.82, 2.24) is 0 Å². The van der Waals surface area contributed by atoms with Crippen LogP contribution in [0.5, 0.6) is 0 Å². The van der Waals surface area contributed by atoms with Gasteiger partial charge in [0.2, 0.25) is 0 Å². The van der Waals surface area contributed by atoms with E-state index in [4.69, 9.17) is 0 Å². The zero-order valence-corrected chi connectivity index (χ0v) is 9.08. The van der Waals surface area contributed by atoms with Gasteiger partial charge in [0.15, 0.2) is 0 Å². The van der Waals surface area contributed by atoms with Crippen LogP contribution in [-0.4, -0.2) is 11.6 Å². The van der Waals surface area contributed by atoms with Crippen molar-refractivity contribution in [3.8, 4) is 0 Å². The zero-order chi connectivity index (χ0) is 10.8. The van der Waals surface area contributed by atoms with Gasteiger partial charge in [-0.05, 0) is 18.4 Å². The van der Waals surface area contributed by atoms with Crippen molar-refractivity contribution in [2.24, 2.45) is 4.99 Å². The molecule has 76 valence electrons. The van der Waals surface area contributed by atoms with Crippen molar-refractivity contribution in [2.75, 3.05) is 5.32 Å². The molecule has 0 fully saturated rings. The Morgan fingerprint density at radius 1 is 1.40 bits per heavy atom. The third-order valence-electron chi connectivity index (χ3n) is 2.21. The van der Waals surface area contributed by atoms with Crippen molar-refractivity contribution in [3.05, 3.63) is 40.9 Å². The Labute approximate surface area is 93.3 Å². The minimum atomic E-state index is -0.228. The van der Waals surface area contributed by atoms with Crippen LogP contribution in [0.2, 0.25) is 0 Å². The number of fused-ring (bicyclic) bond motifs is 1. The largest absolute Gasteiger partial charge is 0.320 e. The van der Waals surface area contributed by atoms with Crippen LogP contribution < -0.4 is 5.32 Å². The first-order chi connectivity index (χ1) is 7.22. The summed E-state index contributed by atoms with van der Waals surface area (Å²) in [7, 11) is 0. The van der Waals surface area contributed by atoms with E-state index >= 15 is 0 Å². The van der Waals surface area contributed by atoms with E-state index in [1.54, 1.807) is 0 Å². The number of thiol groups is 1. The predicted octanol–water partition coefficient (Wildman–Crippen LogP) is 2.22. The Balaban J connectivity index is 2.59. The second kappa shape index (κ2) is 3.90. The molecule has 0 spiro atoms. The van der Waals surface area contributed by atoms with Gasteiger partial charge in [0.05, 0.1) is 5.69 Å². The molecule has 0 saturated carbocycles. The summed E-state index contributed by atoms with van der Waals surface area (Å²) in [6, 6.07) is 7.57. The normalized spacial score (nSPS) is 17.9. The van der Waals surface area contributed by atoms with Crippen molar-refractivity contribution in [1.29, 1.82) is 0 Å². The summed E-state index contributed by atoms with van der Waals surface area (Å²) in [5.74, 6) is -0.228. The summed E-state index contributed by atoms with van der Waals surface area (Å²) >= 11 is 3.96. The first-order valence-corrected chi connectivity index (χ1v) is 5.04. The van der Waals surface area contributed by atoms with E-state index in [0.29, 0.717) is 5.70 Å². The van der Waals surface area contributed by atoms with Gasteiger partial charge in [-0.3, -0.25) is 4.79 Å². The average Bonchev–Trinajstić information content (AvgIpc) is 2.37. The van der Waals surface area contributed by atoms with E-state index < -0.39 is 0 Å². The summed E-state index contributed by atoms with van der Waals surface area (Å²) in [6.07, 6.45) is 0. The number of carbonyl (C=O) groups excluding carboxylic acids is 1. The van der Waals surface area contributed by atoms with Crippen LogP contribution >= 0.6 is 12.6 Å². The number of benzene rings is 1. The lowest BCUT2D eigenvalue weighted by Crippen LogP contribution is -2.11. The molecule has 1 aromatic rings. The molecule has 0 saturated heterocycles. The molecule has 0 aliphatic carbocycles. The molecule has 1 aromatic carbocycles. The minimum absolute atomic E-state index is 0.228. The van der Waals surface area contributed by atoms with E-state index in [1.165, 1.54) is 5.41 Å². The molecule has 2 rings (SSSR count). The molecular weight excluding hydrogens is 208 g/mol. The van der Waals surface area contributed by atoms with Crippen molar-refractivity contribution in [3.63, 3.8) is 0 Å². The number of para-hydroxylation sites is 1. The SMILES string of the molecule is CC1=N/C(=C/S)C(=O)Nc2ccccc21. The van der Waals surface area contributed by atoms with Crippen LogP contribution in [0.3, 0.4) is 0 Å². The van der Waals surface area contributed by atoms with Crippen LogP contribution in [0, 0.1) is 0 Å². The lowest BCUT2D eigenvalue weighted by Gasteiger charge is -2.04. The topological polar surface area (TPSA) is 41.5 Å². The zero-order valence-electron chi connectivity index (χ0n) is 8.19. The number of amides is 1. The molecule has 0 radical (unpaired) electrons. The van der Waals surface area contributed by atoms with Crippen LogP contribution in [0.25, 0.3) is 0 Å². The highest BCUT2D eigenvalue weighted by atomic mass is 32.1. The first kappa shape index (κ1) is 9.98. The van der Waals surface area contributed by atoms with Gasteiger partial charge >= 0.3 is 0 Å². The van der Waals surface area contributed by atoms with Gasteiger partial charge in [0.25, 0.3) is 5.91 Å². The highest BCUT2D eigenvalue weighted by Gasteiger charge is 2.16. The Bertz CT molecular complexity index is 477.